The molecule has 0 aromatic heterocycles. The van der Waals surface area contributed by atoms with Gasteiger partial charge in [0.2, 0.25) is 0 Å². The molecule has 0 N–H and O–H groups in total. The van der Waals surface area contributed by atoms with Crippen LogP contribution < -0.4 is 0 Å². The van der Waals surface area contributed by atoms with Gasteiger partial charge in [-0.25, -0.2) is 4.79 Å². The second-order valence-corrected chi connectivity index (χ2v) is 7.33. The average Bonchev–Trinajstić information content (AvgIpc) is 2.58. The van der Waals surface area contributed by atoms with Crippen molar-refractivity contribution < 1.29 is 9.53 Å². The van der Waals surface area contributed by atoms with E-state index in [0.29, 0.717) is 18.0 Å². The normalized spacial score (nSPS) is 30.2. The van der Waals surface area contributed by atoms with Crippen molar-refractivity contribution >= 4 is 6.09 Å². The number of benzene rings is 1. The average molecular weight is 314 g/mol. The SMILES string of the molecule is COC(=O)N1CCCC2CN3CCc4cc(C)ccc4C3CC21. The van der Waals surface area contributed by atoms with Crippen LogP contribution in [0, 0.1) is 12.8 Å². The van der Waals surface area contributed by atoms with Crippen molar-refractivity contribution in [2.75, 3.05) is 26.7 Å². The molecule has 0 aliphatic carbocycles. The monoisotopic (exact) mass is 314 g/mol. The first-order valence-electron chi connectivity index (χ1n) is 8.85. The summed E-state index contributed by atoms with van der Waals surface area (Å²) < 4.78 is 5.03. The Labute approximate surface area is 138 Å². The third-order valence-corrected chi connectivity index (χ3v) is 6.03. The second kappa shape index (κ2) is 5.82. The van der Waals surface area contributed by atoms with Crippen LogP contribution in [0.3, 0.4) is 0 Å². The summed E-state index contributed by atoms with van der Waals surface area (Å²) in [7, 11) is 1.50. The van der Waals surface area contributed by atoms with Crippen molar-refractivity contribution in [2.24, 2.45) is 5.92 Å². The Kier molecular flexibility index (Phi) is 3.80. The summed E-state index contributed by atoms with van der Waals surface area (Å²) in [5.41, 5.74) is 4.33. The van der Waals surface area contributed by atoms with Gasteiger partial charge < -0.3 is 9.64 Å². The first-order chi connectivity index (χ1) is 11.2. The van der Waals surface area contributed by atoms with E-state index in [2.05, 4.69) is 30.0 Å². The topological polar surface area (TPSA) is 32.8 Å². The molecule has 3 unspecified atom stereocenters. The van der Waals surface area contributed by atoms with Gasteiger partial charge in [0.25, 0.3) is 0 Å². The highest BCUT2D eigenvalue weighted by molar-refractivity contribution is 5.68. The summed E-state index contributed by atoms with van der Waals surface area (Å²) >= 11 is 0. The molecule has 0 saturated carbocycles. The maximum absolute atomic E-state index is 12.2. The number of hydrogen-bond donors (Lipinski definition) is 0. The molecule has 4 heteroatoms. The van der Waals surface area contributed by atoms with Gasteiger partial charge in [-0.3, -0.25) is 4.90 Å². The highest BCUT2D eigenvalue weighted by Gasteiger charge is 2.44. The van der Waals surface area contributed by atoms with Crippen LogP contribution in [0.5, 0.6) is 0 Å². The summed E-state index contributed by atoms with van der Waals surface area (Å²) in [5, 5.41) is 0. The Bertz CT molecular complexity index is 615. The van der Waals surface area contributed by atoms with Crippen molar-refractivity contribution in [1.82, 2.24) is 9.80 Å². The standard InChI is InChI=1S/C19H26N2O2/c1-13-5-6-16-14(10-13)7-9-20-12-15-4-3-8-21(19(22)23-2)17(15)11-18(16)20/h5-6,10,15,17-18H,3-4,7-9,11-12H2,1-2H3. The van der Waals surface area contributed by atoms with Crippen LogP contribution in [0.25, 0.3) is 0 Å². The fourth-order valence-corrected chi connectivity index (χ4v) is 4.93. The Morgan fingerprint density at radius 3 is 3.00 bits per heavy atom. The lowest BCUT2D eigenvalue weighted by molar-refractivity contribution is -0.00841. The number of piperidine rings is 2. The van der Waals surface area contributed by atoms with Crippen LogP contribution in [-0.2, 0) is 11.2 Å². The van der Waals surface area contributed by atoms with Crippen molar-refractivity contribution in [1.29, 1.82) is 0 Å². The number of likely N-dealkylation sites (tertiary alicyclic amines) is 1. The summed E-state index contributed by atoms with van der Waals surface area (Å²) in [5.74, 6) is 0.603. The van der Waals surface area contributed by atoms with E-state index in [1.165, 1.54) is 30.2 Å². The number of methoxy groups -OCH3 is 1. The molecule has 124 valence electrons. The highest BCUT2D eigenvalue weighted by Crippen LogP contribution is 2.43. The summed E-state index contributed by atoms with van der Waals surface area (Å²) in [6.07, 6.45) is 4.40. The van der Waals surface area contributed by atoms with Crippen LogP contribution in [0.1, 0.15) is 42.0 Å². The number of fused-ring (bicyclic) bond motifs is 4. The molecule has 0 radical (unpaired) electrons. The van der Waals surface area contributed by atoms with E-state index < -0.39 is 0 Å². The molecule has 23 heavy (non-hydrogen) atoms. The van der Waals surface area contributed by atoms with Crippen LogP contribution in [0.2, 0.25) is 0 Å². The summed E-state index contributed by atoms with van der Waals surface area (Å²) in [4.78, 5) is 16.8. The molecule has 0 bridgehead atoms. The van der Waals surface area contributed by atoms with Crippen LogP contribution in [0.15, 0.2) is 18.2 Å². The number of aryl methyl sites for hydroxylation is 1. The predicted octanol–water partition coefficient (Wildman–Crippen LogP) is 3.14. The van der Waals surface area contributed by atoms with E-state index in [9.17, 15) is 4.79 Å². The molecule has 3 aliphatic heterocycles. The number of amides is 1. The molecular weight excluding hydrogens is 288 g/mol. The smallest absolute Gasteiger partial charge is 0.409 e. The number of carbonyl (C=O) groups is 1. The molecule has 4 nitrogen and oxygen atoms in total. The molecule has 3 atom stereocenters. The quantitative estimate of drug-likeness (QED) is 0.737. The van der Waals surface area contributed by atoms with Gasteiger partial charge in [-0.15, -0.1) is 0 Å². The highest BCUT2D eigenvalue weighted by atomic mass is 16.5. The zero-order valence-electron chi connectivity index (χ0n) is 14.1. The third-order valence-electron chi connectivity index (χ3n) is 6.03. The maximum atomic E-state index is 12.2. The lowest BCUT2D eigenvalue weighted by Crippen LogP contribution is -2.57. The number of carbonyl (C=O) groups excluding carboxylic acids is 1. The maximum Gasteiger partial charge on any atom is 0.409 e. The molecule has 2 saturated heterocycles. The molecule has 0 spiro atoms. The first-order valence-corrected chi connectivity index (χ1v) is 8.85. The Balaban J connectivity index is 1.63. The van der Waals surface area contributed by atoms with Crippen molar-refractivity contribution in [2.45, 2.75) is 44.7 Å². The molecule has 1 aromatic carbocycles. The summed E-state index contributed by atoms with van der Waals surface area (Å²) in [6.45, 7) is 5.30. The minimum absolute atomic E-state index is 0.145. The van der Waals surface area contributed by atoms with Gasteiger partial charge in [0, 0.05) is 31.7 Å². The van der Waals surface area contributed by atoms with Crippen molar-refractivity contribution in [3.05, 3.63) is 34.9 Å². The van der Waals surface area contributed by atoms with Crippen LogP contribution in [-0.4, -0.2) is 48.7 Å². The zero-order chi connectivity index (χ0) is 16.0. The molecule has 3 aliphatic rings. The Morgan fingerprint density at radius 2 is 2.17 bits per heavy atom. The molecule has 3 heterocycles. The number of hydrogen-bond acceptors (Lipinski definition) is 3. The third kappa shape index (κ3) is 2.53. The molecule has 2 fully saturated rings. The van der Waals surface area contributed by atoms with Gasteiger partial charge in [-0.05, 0) is 49.7 Å². The minimum atomic E-state index is -0.145. The minimum Gasteiger partial charge on any atom is -0.453 e. The van der Waals surface area contributed by atoms with Gasteiger partial charge in [0.15, 0.2) is 0 Å². The Hall–Kier alpha value is -1.55. The number of rotatable bonds is 0. The molecule has 4 rings (SSSR count). The van der Waals surface area contributed by atoms with Gasteiger partial charge >= 0.3 is 6.09 Å². The lowest BCUT2D eigenvalue weighted by Gasteiger charge is -2.51. The largest absolute Gasteiger partial charge is 0.453 e. The van der Waals surface area contributed by atoms with Crippen molar-refractivity contribution in [3.8, 4) is 0 Å². The summed E-state index contributed by atoms with van der Waals surface area (Å²) in [6, 6.07) is 7.69. The van der Waals surface area contributed by atoms with E-state index in [-0.39, 0.29) is 6.09 Å². The van der Waals surface area contributed by atoms with Gasteiger partial charge in [-0.1, -0.05) is 23.8 Å². The lowest BCUT2D eigenvalue weighted by atomic mass is 9.76. The molecular formula is C19H26N2O2. The molecule has 1 aromatic rings. The first kappa shape index (κ1) is 15.0. The van der Waals surface area contributed by atoms with E-state index in [0.717, 1.165) is 38.9 Å². The number of nitrogens with zero attached hydrogens (tertiary/aromatic N) is 2. The van der Waals surface area contributed by atoms with Gasteiger partial charge in [0.1, 0.15) is 0 Å². The second-order valence-electron chi connectivity index (χ2n) is 7.33. The zero-order valence-corrected chi connectivity index (χ0v) is 14.1. The van der Waals surface area contributed by atoms with E-state index in [1.807, 2.05) is 4.90 Å². The Morgan fingerprint density at radius 1 is 1.30 bits per heavy atom. The van der Waals surface area contributed by atoms with Crippen LogP contribution >= 0.6 is 0 Å². The fourth-order valence-electron chi connectivity index (χ4n) is 4.93. The van der Waals surface area contributed by atoms with Crippen molar-refractivity contribution in [3.63, 3.8) is 0 Å². The van der Waals surface area contributed by atoms with E-state index >= 15 is 0 Å². The number of ether oxygens (including phenoxy) is 1. The van der Waals surface area contributed by atoms with Gasteiger partial charge in [0.05, 0.1) is 7.11 Å². The van der Waals surface area contributed by atoms with E-state index in [1.54, 1.807) is 0 Å². The fraction of sp³-hybridized carbons (Fsp3) is 0.632. The van der Waals surface area contributed by atoms with E-state index in [4.69, 9.17) is 4.74 Å². The van der Waals surface area contributed by atoms with Gasteiger partial charge in [-0.2, -0.15) is 0 Å². The molecule has 1 amide bonds. The van der Waals surface area contributed by atoms with Crippen LogP contribution in [0.4, 0.5) is 4.79 Å². The predicted molar refractivity (Wildman–Crippen MR) is 89.4 cm³/mol.